The zero-order valence-electron chi connectivity index (χ0n) is 13.8. The number of nitrogens with zero attached hydrogens (tertiary/aromatic N) is 2. The number of halogens is 1. The highest BCUT2D eigenvalue weighted by atomic mass is 35.5. The van der Waals surface area contributed by atoms with E-state index in [-0.39, 0.29) is 5.91 Å². The van der Waals surface area contributed by atoms with Crippen molar-refractivity contribution >= 4 is 39.1 Å². The molecular formula is C17H19ClN4OS. The maximum Gasteiger partial charge on any atom is 0.261 e. The second-order valence-corrected chi connectivity index (χ2v) is 7.81. The molecular weight excluding hydrogens is 344 g/mol. The number of benzene rings is 1. The van der Waals surface area contributed by atoms with Crippen molar-refractivity contribution in [1.82, 2.24) is 15.1 Å². The summed E-state index contributed by atoms with van der Waals surface area (Å²) in [6, 6.07) is 9.35. The maximum atomic E-state index is 12.5. The van der Waals surface area contributed by atoms with E-state index in [0.717, 1.165) is 21.6 Å². The fourth-order valence-electron chi connectivity index (χ4n) is 2.34. The number of nitrogens with two attached hydrogens (primary N) is 1. The van der Waals surface area contributed by atoms with Crippen molar-refractivity contribution < 1.29 is 4.79 Å². The first kappa shape index (κ1) is 17.0. The van der Waals surface area contributed by atoms with E-state index in [1.807, 2.05) is 55.8 Å². The van der Waals surface area contributed by atoms with E-state index in [4.69, 9.17) is 17.3 Å². The predicted molar refractivity (Wildman–Crippen MR) is 99.3 cm³/mol. The van der Waals surface area contributed by atoms with Crippen molar-refractivity contribution in [2.24, 2.45) is 5.73 Å². The summed E-state index contributed by atoms with van der Waals surface area (Å²) in [4.78, 5) is 14.1. The van der Waals surface area contributed by atoms with Crippen LogP contribution in [0.2, 0.25) is 5.02 Å². The molecule has 0 aliphatic rings. The van der Waals surface area contributed by atoms with Crippen molar-refractivity contribution in [3.8, 4) is 5.69 Å². The Bertz CT molecular complexity index is 895. The van der Waals surface area contributed by atoms with E-state index in [1.54, 1.807) is 0 Å². The topological polar surface area (TPSA) is 72.9 Å². The summed E-state index contributed by atoms with van der Waals surface area (Å²) in [6.45, 7) is 6.12. The Labute approximate surface area is 149 Å². The summed E-state index contributed by atoms with van der Waals surface area (Å²) in [5.74, 6) is -0.117. The molecule has 2 aromatic heterocycles. The Morgan fingerprint density at radius 2 is 2.04 bits per heavy atom. The average Bonchev–Trinajstić information content (AvgIpc) is 3.09. The van der Waals surface area contributed by atoms with Crippen LogP contribution >= 0.6 is 22.9 Å². The lowest BCUT2D eigenvalue weighted by molar-refractivity contribution is 0.0920. The molecule has 24 heavy (non-hydrogen) atoms. The minimum Gasteiger partial charge on any atom is -0.345 e. The average molecular weight is 363 g/mol. The van der Waals surface area contributed by atoms with Crippen LogP contribution in [0.3, 0.4) is 0 Å². The molecule has 0 spiro atoms. The van der Waals surface area contributed by atoms with Gasteiger partial charge in [0, 0.05) is 22.5 Å². The summed E-state index contributed by atoms with van der Waals surface area (Å²) >= 11 is 7.37. The molecule has 1 aromatic carbocycles. The normalized spacial score (nSPS) is 11.9. The maximum absolute atomic E-state index is 12.5. The SMILES string of the molecule is Cc1nn(-c2ccc(Cl)cc2)c2sc(C(=O)NC(C)(C)CN)cc12. The van der Waals surface area contributed by atoms with Gasteiger partial charge in [-0.05, 0) is 51.1 Å². The van der Waals surface area contributed by atoms with E-state index >= 15 is 0 Å². The van der Waals surface area contributed by atoms with Gasteiger partial charge in [0.2, 0.25) is 0 Å². The molecule has 0 aliphatic heterocycles. The number of hydrogen-bond donors (Lipinski definition) is 2. The van der Waals surface area contributed by atoms with Gasteiger partial charge in [-0.1, -0.05) is 11.6 Å². The number of fused-ring (bicyclic) bond motifs is 1. The zero-order chi connectivity index (χ0) is 17.5. The molecule has 3 aromatic rings. The molecule has 0 unspecified atom stereocenters. The van der Waals surface area contributed by atoms with Crippen molar-refractivity contribution in [2.75, 3.05) is 6.54 Å². The largest absolute Gasteiger partial charge is 0.345 e. The van der Waals surface area contributed by atoms with Gasteiger partial charge in [-0.25, -0.2) is 4.68 Å². The van der Waals surface area contributed by atoms with Gasteiger partial charge in [-0.3, -0.25) is 4.79 Å². The Kier molecular flexibility index (Phi) is 4.38. The Balaban J connectivity index is 2.01. The fraction of sp³-hybridized carbons (Fsp3) is 0.294. The number of carbonyl (C=O) groups excluding carboxylic acids is 1. The van der Waals surface area contributed by atoms with Gasteiger partial charge in [0.15, 0.2) is 0 Å². The van der Waals surface area contributed by atoms with E-state index < -0.39 is 5.54 Å². The van der Waals surface area contributed by atoms with Gasteiger partial charge in [-0.15, -0.1) is 11.3 Å². The number of carbonyl (C=O) groups is 1. The minimum atomic E-state index is -0.440. The van der Waals surface area contributed by atoms with E-state index in [2.05, 4.69) is 10.4 Å². The standard InChI is InChI=1S/C17H19ClN4OS/c1-10-13-8-14(15(23)20-17(2,3)9-19)24-16(13)22(21-10)12-6-4-11(18)5-7-12/h4-8H,9,19H2,1-3H3,(H,20,23). The second-order valence-electron chi connectivity index (χ2n) is 6.35. The molecule has 7 heteroatoms. The fourth-order valence-corrected chi connectivity index (χ4v) is 3.54. The molecule has 3 rings (SSSR count). The van der Waals surface area contributed by atoms with Crippen molar-refractivity contribution in [3.63, 3.8) is 0 Å². The smallest absolute Gasteiger partial charge is 0.261 e. The van der Waals surface area contributed by atoms with Gasteiger partial charge >= 0.3 is 0 Å². The first-order valence-corrected chi connectivity index (χ1v) is 8.78. The number of nitrogens with one attached hydrogen (secondary N) is 1. The Morgan fingerprint density at radius 1 is 1.38 bits per heavy atom. The lowest BCUT2D eigenvalue weighted by Gasteiger charge is -2.23. The molecule has 1 amide bonds. The van der Waals surface area contributed by atoms with Gasteiger partial charge in [0.1, 0.15) is 4.83 Å². The monoisotopic (exact) mass is 362 g/mol. The predicted octanol–water partition coefficient (Wildman–Crippen LogP) is 3.52. The molecule has 3 N–H and O–H groups in total. The number of amides is 1. The molecule has 0 aliphatic carbocycles. The highest BCUT2D eigenvalue weighted by molar-refractivity contribution is 7.20. The van der Waals surface area contributed by atoms with Crippen LogP contribution in [-0.2, 0) is 0 Å². The highest BCUT2D eigenvalue weighted by Gasteiger charge is 2.22. The van der Waals surface area contributed by atoms with Gasteiger partial charge in [0.05, 0.1) is 16.3 Å². The summed E-state index contributed by atoms with van der Waals surface area (Å²) in [5, 5.41) is 9.18. The molecule has 2 heterocycles. The van der Waals surface area contributed by atoms with Crippen molar-refractivity contribution in [2.45, 2.75) is 26.3 Å². The third-order valence-corrected chi connectivity index (χ3v) is 5.16. The zero-order valence-corrected chi connectivity index (χ0v) is 15.3. The molecule has 0 fully saturated rings. The summed E-state index contributed by atoms with van der Waals surface area (Å²) in [6.07, 6.45) is 0. The number of thiophene rings is 1. The summed E-state index contributed by atoms with van der Waals surface area (Å²) in [7, 11) is 0. The van der Waals surface area contributed by atoms with E-state index in [9.17, 15) is 4.79 Å². The van der Waals surface area contributed by atoms with E-state index in [1.165, 1.54) is 11.3 Å². The second kappa shape index (κ2) is 6.20. The third kappa shape index (κ3) is 3.17. The number of hydrogen-bond acceptors (Lipinski definition) is 4. The lowest BCUT2D eigenvalue weighted by atomic mass is 10.1. The molecule has 0 bridgehead atoms. The molecule has 126 valence electrons. The van der Waals surface area contributed by atoms with Crippen molar-refractivity contribution in [1.29, 1.82) is 0 Å². The molecule has 0 saturated heterocycles. The third-order valence-electron chi connectivity index (χ3n) is 3.80. The van der Waals surface area contributed by atoms with Crippen LogP contribution in [0.25, 0.3) is 15.9 Å². The Morgan fingerprint density at radius 3 is 2.67 bits per heavy atom. The van der Waals surface area contributed by atoms with Gasteiger partial charge in [-0.2, -0.15) is 5.10 Å². The summed E-state index contributed by atoms with van der Waals surface area (Å²) < 4.78 is 1.84. The van der Waals surface area contributed by atoms with Crippen LogP contribution in [0.1, 0.15) is 29.2 Å². The van der Waals surface area contributed by atoms with Gasteiger partial charge in [0.25, 0.3) is 5.91 Å². The minimum absolute atomic E-state index is 0.117. The van der Waals surface area contributed by atoms with Crippen LogP contribution in [0.4, 0.5) is 0 Å². The van der Waals surface area contributed by atoms with Crippen LogP contribution in [-0.4, -0.2) is 27.8 Å². The lowest BCUT2D eigenvalue weighted by Crippen LogP contribution is -2.48. The van der Waals surface area contributed by atoms with Gasteiger partial charge < -0.3 is 11.1 Å². The number of aryl methyl sites for hydroxylation is 1. The van der Waals surface area contributed by atoms with Crippen LogP contribution in [0.15, 0.2) is 30.3 Å². The molecule has 0 saturated carbocycles. The first-order valence-electron chi connectivity index (χ1n) is 7.58. The molecule has 0 radical (unpaired) electrons. The first-order chi connectivity index (χ1) is 11.3. The number of aromatic nitrogens is 2. The summed E-state index contributed by atoms with van der Waals surface area (Å²) in [5.41, 5.74) is 7.04. The van der Waals surface area contributed by atoms with E-state index in [0.29, 0.717) is 16.4 Å². The highest BCUT2D eigenvalue weighted by Crippen LogP contribution is 2.30. The van der Waals surface area contributed by atoms with Crippen molar-refractivity contribution in [3.05, 3.63) is 45.9 Å². The number of rotatable bonds is 4. The quantitative estimate of drug-likeness (QED) is 0.745. The van der Waals surface area contributed by atoms with Crippen LogP contribution < -0.4 is 11.1 Å². The van der Waals surface area contributed by atoms with Crippen LogP contribution in [0, 0.1) is 6.92 Å². The molecule has 5 nitrogen and oxygen atoms in total. The molecule has 0 atom stereocenters. The Hall–Kier alpha value is -1.89. The van der Waals surface area contributed by atoms with Crippen LogP contribution in [0.5, 0.6) is 0 Å².